The molecule has 4 nitrogen and oxygen atoms in total. The second-order valence-corrected chi connectivity index (χ2v) is 6.03. The molecule has 2 aliphatic heterocycles. The van der Waals surface area contributed by atoms with Gasteiger partial charge in [-0.1, -0.05) is 29.4 Å². The second kappa shape index (κ2) is 5.28. The van der Waals surface area contributed by atoms with Crippen molar-refractivity contribution in [1.29, 1.82) is 0 Å². The summed E-state index contributed by atoms with van der Waals surface area (Å²) in [4.78, 5) is 14.2. The first kappa shape index (κ1) is 14.1. The van der Waals surface area contributed by atoms with Gasteiger partial charge in [0, 0.05) is 23.7 Å². The van der Waals surface area contributed by atoms with Gasteiger partial charge < -0.3 is 4.90 Å². The molecule has 1 aliphatic carbocycles. The molecule has 116 valence electrons. The molecule has 23 heavy (non-hydrogen) atoms. The summed E-state index contributed by atoms with van der Waals surface area (Å²) in [5.41, 5.74) is 4.77. The summed E-state index contributed by atoms with van der Waals surface area (Å²) in [6, 6.07) is 8.07. The fourth-order valence-electron chi connectivity index (χ4n) is 3.34. The predicted molar refractivity (Wildman–Crippen MR) is 86.4 cm³/mol. The molecule has 0 radical (unpaired) electrons. The number of halogens is 1. The Labute approximate surface area is 133 Å². The molecule has 0 spiro atoms. The Morgan fingerprint density at radius 1 is 1.39 bits per heavy atom. The van der Waals surface area contributed by atoms with Gasteiger partial charge in [-0.25, -0.2) is 9.18 Å². The van der Waals surface area contributed by atoms with Gasteiger partial charge in [-0.15, -0.1) is 0 Å². The number of nitrogens with two attached hydrogens (primary N) is 1. The summed E-state index contributed by atoms with van der Waals surface area (Å²) < 4.78 is 13.2. The van der Waals surface area contributed by atoms with Crippen LogP contribution >= 0.6 is 0 Å². The highest BCUT2D eigenvalue weighted by atomic mass is 19.1. The fourth-order valence-corrected chi connectivity index (χ4v) is 3.34. The number of anilines is 1. The van der Waals surface area contributed by atoms with E-state index in [4.69, 9.17) is 0 Å². The number of carbonyl (C=O) groups is 1. The Hall–Kier alpha value is -2.53. The van der Waals surface area contributed by atoms with Gasteiger partial charge in [0.1, 0.15) is 17.1 Å². The van der Waals surface area contributed by atoms with E-state index in [1.165, 1.54) is 11.5 Å². The van der Waals surface area contributed by atoms with Gasteiger partial charge >= 0.3 is 5.91 Å². The number of hydrogen-bond donors (Lipinski definition) is 1. The van der Waals surface area contributed by atoms with E-state index in [9.17, 15) is 9.18 Å². The van der Waals surface area contributed by atoms with Crippen LogP contribution in [-0.2, 0) is 4.79 Å². The highest BCUT2D eigenvalue weighted by Crippen LogP contribution is 2.34. The minimum Gasteiger partial charge on any atom is -0.343 e. The minimum absolute atomic E-state index is 0.0585. The zero-order valence-corrected chi connectivity index (χ0v) is 12.7. The van der Waals surface area contributed by atoms with Crippen molar-refractivity contribution in [3.63, 3.8) is 0 Å². The lowest BCUT2D eigenvalue weighted by atomic mass is 9.89. The molecule has 2 atom stereocenters. The Morgan fingerprint density at radius 3 is 3.00 bits per heavy atom. The van der Waals surface area contributed by atoms with Crippen molar-refractivity contribution in [2.45, 2.75) is 19.4 Å². The van der Waals surface area contributed by atoms with Crippen molar-refractivity contribution < 1.29 is 14.6 Å². The molecular weight excluding hydrogens is 293 g/mol. The maximum Gasteiger partial charge on any atom is 0.372 e. The Kier molecular flexibility index (Phi) is 3.23. The monoisotopic (exact) mass is 310 g/mol. The molecule has 1 amide bonds. The standard InChI is InChI=1S/C18H16FN3O/c1-11(12-6-8-13(19)9-7-12)22-10-15-17(20-21-18(15)23)14-4-2-3-5-16(14)22/h2-6,8-12H,7H2,1H3,(H,21,23)/p+1/t11-,12?/m0/s1. The van der Waals surface area contributed by atoms with Crippen molar-refractivity contribution in [2.75, 3.05) is 4.90 Å². The number of benzene rings is 1. The molecule has 0 saturated heterocycles. The Bertz CT molecular complexity index is 806. The van der Waals surface area contributed by atoms with Gasteiger partial charge in [0.05, 0.1) is 5.69 Å². The van der Waals surface area contributed by atoms with E-state index in [-0.39, 0.29) is 23.7 Å². The van der Waals surface area contributed by atoms with Crippen molar-refractivity contribution in [3.05, 3.63) is 65.7 Å². The number of para-hydroxylation sites is 1. The van der Waals surface area contributed by atoms with Crippen LogP contribution in [-0.4, -0.2) is 17.7 Å². The van der Waals surface area contributed by atoms with Crippen LogP contribution in [0, 0.1) is 5.92 Å². The van der Waals surface area contributed by atoms with Gasteiger partial charge in [-0.3, -0.25) is 0 Å². The molecule has 2 heterocycles. The van der Waals surface area contributed by atoms with Crippen molar-refractivity contribution >= 4 is 17.3 Å². The smallest absolute Gasteiger partial charge is 0.343 e. The van der Waals surface area contributed by atoms with Crippen LogP contribution in [0.4, 0.5) is 10.1 Å². The molecule has 0 saturated carbocycles. The maximum atomic E-state index is 13.2. The number of rotatable bonds is 2. The lowest BCUT2D eigenvalue weighted by Gasteiger charge is -2.36. The molecule has 4 rings (SSSR count). The van der Waals surface area contributed by atoms with Crippen LogP contribution in [0.5, 0.6) is 0 Å². The molecule has 1 unspecified atom stereocenters. The average molecular weight is 310 g/mol. The molecule has 2 N–H and O–H groups in total. The molecule has 0 bridgehead atoms. The van der Waals surface area contributed by atoms with Gasteiger partial charge in [0.2, 0.25) is 0 Å². The minimum atomic E-state index is -0.180. The first-order chi connectivity index (χ1) is 11.1. The topological polar surface area (TPSA) is 49.3 Å². The predicted octanol–water partition coefficient (Wildman–Crippen LogP) is 2.02. The number of amides is 1. The third kappa shape index (κ3) is 2.24. The van der Waals surface area contributed by atoms with Crippen LogP contribution in [0.15, 0.2) is 65.2 Å². The molecule has 1 aromatic carbocycles. The lowest BCUT2D eigenvalue weighted by molar-refractivity contribution is -0.565. The molecule has 0 aromatic heterocycles. The third-order valence-electron chi connectivity index (χ3n) is 4.68. The summed E-state index contributed by atoms with van der Waals surface area (Å²) in [6.07, 6.45) is 7.60. The summed E-state index contributed by atoms with van der Waals surface area (Å²) in [6.45, 7) is 2.10. The van der Waals surface area contributed by atoms with E-state index >= 15 is 0 Å². The zero-order chi connectivity index (χ0) is 16.0. The molecule has 0 fully saturated rings. The summed E-state index contributed by atoms with van der Waals surface area (Å²) >= 11 is 0. The van der Waals surface area contributed by atoms with Crippen LogP contribution in [0.2, 0.25) is 0 Å². The first-order valence-electron chi connectivity index (χ1n) is 7.74. The van der Waals surface area contributed by atoms with E-state index in [1.54, 1.807) is 6.08 Å². The lowest BCUT2D eigenvalue weighted by Crippen LogP contribution is -2.80. The number of nitrogens with zero attached hydrogens (tertiary/aromatic N) is 2. The maximum absolute atomic E-state index is 13.2. The Morgan fingerprint density at radius 2 is 2.22 bits per heavy atom. The number of carbonyl (C=O) groups excluding carboxylic acids is 1. The van der Waals surface area contributed by atoms with Crippen LogP contribution in [0.25, 0.3) is 0 Å². The molecule has 5 heteroatoms. The summed E-state index contributed by atoms with van der Waals surface area (Å²) in [5, 5.41) is 4.27. The molecule has 1 aromatic rings. The zero-order valence-electron chi connectivity index (χ0n) is 12.7. The van der Waals surface area contributed by atoms with E-state index < -0.39 is 0 Å². The van der Waals surface area contributed by atoms with Crippen molar-refractivity contribution in [2.24, 2.45) is 11.0 Å². The normalized spacial score (nSPS) is 23.7. The quantitative estimate of drug-likeness (QED) is 0.850. The number of allylic oxidation sites excluding steroid dienone is 3. The van der Waals surface area contributed by atoms with Crippen molar-refractivity contribution in [3.8, 4) is 0 Å². The third-order valence-corrected chi connectivity index (χ3v) is 4.68. The first-order valence-corrected chi connectivity index (χ1v) is 7.74. The summed E-state index contributed by atoms with van der Waals surface area (Å²) in [5.74, 6) is -0.0453. The number of primary amides is 1. The van der Waals surface area contributed by atoms with E-state index in [0.717, 1.165) is 17.0 Å². The number of quaternary nitrogens is 1. The van der Waals surface area contributed by atoms with Crippen LogP contribution in [0.1, 0.15) is 18.9 Å². The van der Waals surface area contributed by atoms with Gasteiger partial charge in [-0.2, -0.15) is 5.43 Å². The van der Waals surface area contributed by atoms with E-state index in [0.29, 0.717) is 12.0 Å². The highest BCUT2D eigenvalue weighted by Gasteiger charge is 2.37. The van der Waals surface area contributed by atoms with Crippen LogP contribution in [0.3, 0.4) is 0 Å². The van der Waals surface area contributed by atoms with Gasteiger partial charge in [0.15, 0.2) is 0 Å². The fraction of sp³-hybridized carbons (Fsp3) is 0.222. The number of fused-ring (bicyclic) bond motifs is 3. The van der Waals surface area contributed by atoms with Gasteiger partial charge in [-0.05, 0) is 31.6 Å². The molecule has 3 aliphatic rings. The Balaban J connectivity index is 1.74. The van der Waals surface area contributed by atoms with E-state index in [1.807, 2.05) is 36.5 Å². The SMILES string of the molecule is C[C@@H](C1C=CC(F)=CC1)N1C=C2C(=O)[NH2+]N=C2c2ccccc21. The van der Waals surface area contributed by atoms with Gasteiger partial charge in [0.25, 0.3) is 0 Å². The largest absolute Gasteiger partial charge is 0.372 e. The highest BCUT2D eigenvalue weighted by molar-refractivity contribution is 6.30. The second-order valence-electron chi connectivity index (χ2n) is 6.03. The van der Waals surface area contributed by atoms with E-state index in [2.05, 4.69) is 16.9 Å². The van der Waals surface area contributed by atoms with Crippen molar-refractivity contribution in [1.82, 2.24) is 0 Å². The molecular formula is C18H17FN3O+. The average Bonchev–Trinajstić information content (AvgIpc) is 2.95. The summed E-state index contributed by atoms with van der Waals surface area (Å²) in [7, 11) is 0. The van der Waals surface area contributed by atoms with Crippen LogP contribution < -0.4 is 10.3 Å². The number of hydrogen-bond acceptors (Lipinski definition) is 3.